The summed E-state index contributed by atoms with van der Waals surface area (Å²) in [4.78, 5) is 14.9. The van der Waals surface area contributed by atoms with Gasteiger partial charge in [0.2, 0.25) is 0 Å². The highest BCUT2D eigenvalue weighted by molar-refractivity contribution is 6.30. The van der Waals surface area contributed by atoms with Crippen LogP contribution in [-0.4, -0.2) is 23.9 Å². The van der Waals surface area contributed by atoms with Gasteiger partial charge in [0.05, 0.1) is 0 Å². The van der Waals surface area contributed by atoms with Crippen molar-refractivity contribution in [3.63, 3.8) is 0 Å². The van der Waals surface area contributed by atoms with E-state index < -0.39 is 0 Å². The van der Waals surface area contributed by atoms with Crippen molar-refractivity contribution >= 4 is 23.1 Å². The van der Waals surface area contributed by atoms with Crippen molar-refractivity contribution in [1.29, 1.82) is 0 Å². The number of carbonyl (C=O) groups is 1. The lowest BCUT2D eigenvalue weighted by Gasteiger charge is -2.29. The molecule has 2 nitrogen and oxygen atoms in total. The van der Waals surface area contributed by atoms with Crippen LogP contribution in [0.15, 0.2) is 48.0 Å². The van der Waals surface area contributed by atoms with Crippen LogP contribution in [0.25, 0.3) is 5.57 Å². The number of amides is 1. The Balaban J connectivity index is 1.48. The summed E-state index contributed by atoms with van der Waals surface area (Å²) in [6.45, 7) is 3.71. The molecule has 2 aromatic carbocycles. The van der Waals surface area contributed by atoms with Crippen molar-refractivity contribution in [1.82, 2.24) is 4.90 Å². The van der Waals surface area contributed by atoms with Crippen molar-refractivity contribution in [2.45, 2.75) is 39.0 Å². The van der Waals surface area contributed by atoms with Crippen LogP contribution in [0.2, 0.25) is 5.02 Å². The summed E-state index contributed by atoms with van der Waals surface area (Å²) < 4.78 is 0. The van der Waals surface area contributed by atoms with Gasteiger partial charge in [0.25, 0.3) is 5.91 Å². The zero-order valence-electron chi connectivity index (χ0n) is 15.2. The van der Waals surface area contributed by atoms with Crippen LogP contribution >= 0.6 is 11.6 Å². The first-order valence-electron chi connectivity index (χ1n) is 9.53. The van der Waals surface area contributed by atoms with Crippen molar-refractivity contribution in [3.8, 4) is 0 Å². The largest absolute Gasteiger partial charge is 0.334 e. The summed E-state index contributed by atoms with van der Waals surface area (Å²) >= 11 is 6.17. The lowest BCUT2D eigenvalue weighted by Crippen LogP contribution is -2.36. The zero-order chi connectivity index (χ0) is 18.1. The van der Waals surface area contributed by atoms with Gasteiger partial charge in [-0.2, -0.15) is 0 Å². The average molecular weight is 366 g/mol. The van der Waals surface area contributed by atoms with Gasteiger partial charge in [0, 0.05) is 23.7 Å². The van der Waals surface area contributed by atoms with Crippen LogP contribution in [-0.2, 0) is 12.8 Å². The number of benzene rings is 2. The molecule has 0 spiro atoms. The molecule has 1 aliphatic carbocycles. The number of hydrogen-bond acceptors (Lipinski definition) is 1. The smallest absolute Gasteiger partial charge is 0.254 e. The first-order chi connectivity index (χ1) is 12.7. The molecule has 0 unspecified atom stereocenters. The molecule has 0 atom stereocenters. The van der Waals surface area contributed by atoms with Gasteiger partial charge < -0.3 is 4.90 Å². The molecule has 0 N–H and O–H groups in total. The minimum Gasteiger partial charge on any atom is -0.334 e. The molecule has 1 heterocycles. The second kappa shape index (κ2) is 7.28. The number of carbonyl (C=O) groups excluding carboxylic acids is 1. The lowest BCUT2D eigenvalue weighted by molar-refractivity contribution is 0.0767. The number of hydrogen-bond donors (Lipinski definition) is 0. The third kappa shape index (κ3) is 3.31. The van der Waals surface area contributed by atoms with Gasteiger partial charge in [-0.25, -0.2) is 0 Å². The highest BCUT2D eigenvalue weighted by atomic mass is 35.5. The molecule has 0 saturated heterocycles. The van der Waals surface area contributed by atoms with Crippen LogP contribution < -0.4 is 0 Å². The van der Waals surface area contributed by atoms with E-state index >= 15 is 0 Å². The molecule has 0 bridgehead atoms. The number of halogens is 1. The second-order valence-corrected chi connectivity index (χ2v) is 7.77. The summed E-state index contributed by atoms with van der Waals surface area (Å²) in [5, 5.41) is 0.791. The fraction of sp³-hybridized carbons (Fsp3) is 0.348. The number of fused-ring (bicyclic) bond motifs is 2. The molecule has 134 valence electrons. The molecule has 26 heavy (non-hydrogen) atoms. The molecule has 0 aromatic heterocycles. The minimum atomic E-state index is 0.146. The van der Waals surface area contributed by atoms with Crippen LogP contribution in [0, 0.1) is 0 Å². The van der Waals surface area contributed by atoms with E-state index in [0.717, 1.165) is 42.9 Å². The van der Waals surface area contributed by atoms with Crippen LogP contribution in [0.4, 0.5) is 0 Å². The van der Waals surface area contributed by atoms with Crippen molar-refractivity contribution in [3.05, 3.63) is 75.3 Å². The van der Waals surface area contributed by atoms with Gasteiger partial charge in [-0.05, 0) is 77.8 Å². The monoisotopic (exact) mass is 365 g/mol. The maximum atomic E-state index is 12.9. The van der Waals surface area contributed by atoms with Crippen LogP contribution in [0.3, 0.4) is 0 Å². The van der Waals surface area contributed by atoms with Gasteiger partial charge >= 0.3 is 0 Å². The van der Waals surface area contributed by atoms with E-state index in [2.05, 4.69) is 31.2 Å². The Morgan fingerprint density at radius 3 is 2.73 bits per heavy atom. The van der Waals surface area contributed by atoms with E-state index in [1.165, 1.54) is 40.7 Å². The molecule has 0 fully saturated rings. The SMILES string of the molecule is CCCCc1ccc(C(=O)N2CCC3=C(Cc4ccc(Cl)cc43)C2)cc1. The van der Waals surface area contributed by atoms with E-state index in [9.17, 15) is 4.79 Å². The molecule has 1 amide bonds. The van der Waals surface area contributed by atoms with E-state index in [4.69, 9.17) is 11.6 Å². The first-order valence-corrected chi connectivity index (χ1v) is 9.91. The van der Waals surface area contributed by atoms with Gasteiger partial charge in [0.15, 0.2) is 0 Å². The summed E-state index contributed by atoms with van der Waals surface area (Å²) in [7, 11) is 0. The third-order valence-corrected chi connectivity index (χ3v) is 5.78. The van der Waals surface area contributed by atoms with E-state index in [-0.39, 0.29) is 5.91 Å². The van der Waals surface area contributed by atoms with E-state index in [0.29, 0.717) is 0 Å². The Kier molecular flexibility index (Phi) is 4.86. The van der Waals surface area contributed by atoms with Gasteiger partial charge in [0.1, 0.15) is 0 Å². The van der Waals surface area contributed by atoms with E-state index in [1.54, 1.807) is 0 Å². The Bertz CT molecular complexity index is 866. The second-order valence-electron chi connectivity index (χ2n) is 7.34. The van der Waals surface area contributed by atoms with Crippen molar-refractivity contribution in [2.75, 3.05) is 13.1 Å². The van der Waals surface area contributed by atoms with Crippen molar-refractivity contribution in [2.24, 2.45) is 0 Å². The highest BCUT2D eigenvalue weighted by Crippen LogP contribution is 2.39. The fourth-order valence-corrected chi connectivity index (χ4v) is 4.25. The lowest BCUT2D eigenvalue weighted by atomic mass is 9.98. The maximum absolute atomic E-state index is 12.9. The quantitative estimate of drug-likeness (QED) is 0.696. The Morgan fingerprint density at radius 2 is 1.96 bits per heavy atom. The molecule has 1 aliphatic heterocycles. The normalized spacial score (nSPS) is 15.8. The predicted molar refractivity (Wildman–Crippen MR) is 108 cm³/mol. The maximum Gasteiger partial charge on any atom is 0.254 e. The summed E-state index contributed by atoms with van der Waals surface area (Å²) in [5.74, 6) is 0.146. The van der Waals surface area contributed by atoms with Gasteiger partial charge in [-0.3, -0.25) is 4.79 Å². The van der Waals surface area contributed by atoms with Crippen molar-refractivity contribution < 1.29 is 4.79 Å². The third-order valence-electron chi connectivity index (χ3n) is 5.55. The topological polar surface area (TPSA) is 20.3 Å². The molecule has 3 heteroatoms. The molecular formula is C23H24ClNO. The Morgan fingerprint density at radius 1 is 1.15 bits per heavy atom. The molecule has 2 aliphatic rings. The first kappa shape index (κ1) is 17.4. The summed E-state index contributed by atoms with van der Waals surface area (Å²) in [6.07, 6.45) is 5.34. The number of nitrogens with zero attached hydrogens (tertiary/aromatic N) is 1. The zero-order valence-corrected chi connectivity index (χ0v) is 16.0. The number of rotatable bonds is 4. The molecule has 0 radical (unpaired) electrons. The number of aryl methyl sites for hydroxylation is 1. The van der Waals surface area contributed by atoms with E-state index in [1.807, 2.05) is 23.1 Å². The molecule has 2 aromatic rings. The van der Waals surface area contributed by atoms with Crippen LogP contribution in [0.1, 0.15) is 53.2 Å². The summed E-state index contributed by atoms with van der Waals surface area (Å²) in [6, 6.07) is 14.3. The standard InChI is InChI=1S/C23H24ClNO/c1-2-3-4-16-5-7-17(8-6-16)23(26)25-12-11-21-19(15-25)13-18-9-10-20(24)14-22(18)21/h5-10,14H,2-4,11-13,15H2,1H3. The average Bonchev–Trinajstić information content (AvgIpc) is 3.03. The number of unbranched alkanes of at least 4 members (excludes halogenated alkanes) is 1. The molecule has 0 saturated carbocycles. The van der Waals surface area contributed by atoms with Gasteiger partial charge in [-0.1, -0.05) is 43.1 Å². The Hall–Kier alpha value is -2.06. The fourth-order valence-electron chi connectivity index (χ4n) is 4.08. The Labute approximate surface area is 160 Å². The van der Waals surface area contributed by atoms with Crippen LogP contribution in [0.5, 0.6) is 0 Å². The minimum absolute atomic E-state index is 0.146. The predicted octanol–water partition coefficient (Wildman–Crippen LogP) is 5.54. The highest BCUT2D eigenvalue weighted by Gasteiger charge is 2.29. The van der Waals surface area contributed by atoms with Gasteiger partial charge in [-0.15, -0.1) is 0 Å². The molecular weight excluding hydrogens is 342 g/mol. The summed E-state index contributed by atoms with van der Waals surface area (Å²) in [5.41, 5.74) is 7.53. The molecule has 4 rings (SSSR count).